The van der Waals surface area contributed by atoms with Crippen LogP contribution in [0.3, 0.4) is 0 Å². The second-order valence-electron chi connectivity index (χ2n) is 12.8. The van der Waals surface area contributed by atoms with Crippen molar-refractivity contribution in [1.29, 1.82) is 0 Å². The van der Waals surface area contributed by atoms with Crippen molar-refractivity contribution in [3.63, 3.8) is 0 Å². The summed E-state index contributed by atoms with van der Waals surface area (Å²) in [5.74, 6) is 0. The topological polar surface area (TPSA) is 16.4 Å². The maximum atomic E-state index is 6.73. The molecule has 0 radical (unpaired) electrons. The van der Waals surface area contributed by atoms with Crippen molar-refractivity contribution in [3.8, 4) is 11.1 Å². The van der Waals surface area contributed by atoms with E-state index in [1.54, 1.807) is 0 Å². The van der Waals surface area contributed by atoms with E-state index in [2.05, 4.69) is 187 Å². The summed E-state index contributed by atoms with van der Waals surface area (Å²) in [6.07, 6.45) is 0. The van der Waals surface area contributed by atoms with Crippen molar-refractivity contribution in [2.45, 2.75) is 5.41 Å². The summed E-state index contributed by atoms with van der Waals surface area (Å²) in [7, 11) is 0. The highest BCUT2D eigenvalue weighted by atomic mass is 16.3. The molecule has 230 valence electrons. The summed E-state index contributed by atoms with van der Waals surface area (Å²) in [6.45, 7) is 0. The number of hydrogen-bond donors (Lipinski definition) is 0. The second-order valence-corrected chi connectivity index (χ2v) is 12.8. The molecule has 1 aromatic heterocycles. The fourth-order valence-corrected chi connectivity index (χ4v) is 8.37. The maximum absolute atomic E-state index is 6.73. The van der Waals surface area contributed by atoms with Crippen LogP contribution in [0.2, 0.25) is 0 Å². The molecule has 0 spiro atoms. The molecule has 1 aliphatic carbocycles. The highest BCUT2D eigenvalue weighted by Gasteiger charge is 2.49. The minimum Gasteiger partial charge on any atom is -0.454 e. The third kappa shape index (κ3) is 3.95. The molecule has 0 amide bonds. The van der Waals surface area contributed by atoms with Crippen molar-refractivity contribution in [2.24, 2.45) is 0 Å². The molecule has 1 heterocycles. The number of benzene rings is 8. The monoisotopic (exact) mass is 625 g/mol. The van der Waals surface area contributed by atoms with Crippen molar-refractivity contribution in [3.05, 3.63) is 210 Å². The van der Waals surface area contributed by atoms with Crippen molar-refractivity contribution in [1.82, 2.24) is 0 Å². The molecule has 9 aromatic rings. The Morgan fingerprint density at radius 3 is 1.78 bits per heavy atom. The highest BCUT2D eigenvalue weighted by Crippen LogP contribution is 2.61. The Hall–Kier alpha value is -6.38. The van der Waals surface area contributed by atoms with E-state index in [1.165, 1.54) is 44.2 Å². The van der Waals surface area contributed by atoms with Crippen LogP contribution in [0.4, 0.5) is 17.1 Å². The summed E-state index contributed by atoms with van der Waals surface area (Å²) in [6, 6.07) is 68.0. The Labute approximate surface area is 285 Å². The summed E-state index contributed by atoms with van der Waals surface area (Å²) in [5, 5.41) is 4.72. The van der Waals surface area contributed by atoms with Gasteiger partial charge in [0.2, 0.25) is 0 Å². The Kier molecular flexibility index (Phi) is 6.13. The second kappa shape index (κ2) is 10.8. The first kappa shape index (κ1) is 27.7. The van der Waals surface area contributed by atoms with E-state index in [1.807, 2.05) is 6.07 Å². The zero-order valence-electron chi connectivity index (χ0n) is 26.8. The zero-order valence-corrected chi connectivity index (χ0v) is 26.8. The lowest BCUT2D eigenvalue weighted by atomic mass is 9.67. The van der Waals surface area contributed by atoms with E-state index in [0.29, 0.717) is 0 Å². The number of nitrogens with zero attached hydrogens (tertiary/aromatic N) is 1. The first-order chi connectivity index (χ1) is 24.3. The summed E-state index contributed by atoms with van der Waals surface area (Å²) < 4.78 is 6.73. The largest absolute Gasteiger partial charge is 0.454 e. The van der Waals surface area contributed by atoms with Gasteiger partial charge in [0, 0.05) is 22.0 Å². The zero-order chi connectivity index (χ0) is 32.4. The van der Waals surface area contributed by atoms with Gasteiger partial charge in [-0.3, -0.25) is 0 Å². The van der Waals surface area contributed by atoms with Gasteiger partial charge in [0.25, 0.3) is 0 Å². The van der Waals surface area contributed by atoms with Gasteiger partial charge in [0.15, 0.2) is 5.58 Å². The van der Waals surface area contributed by atoms with Gasteiger partial charge < -0.3 is 9.32 Å². The van der Waals surface area contributed by atoms with E-state index >= 15 is 0 Å². The number of rotatable bonds is 5. The van der Waals surface area contributed by atoms with Gasteiger partial charge in [-0.1, -0.05) is 158 Å². The Balaban J connectivity index is 1.39. The van der Waals surface area contributed by atoms with Crippen molar-refractivity contribution < 1.29 is 4.42 Å². The molecule has 0 saturated heterocycles. The third-order valence-electron chi connectivity index (χ3n) is 10.3. The number of anilines is 3. The summed E-state index contributed by atoms with van der Waals surface area (Å²) in [4.78, 5) is 2.41. The third-order valence-corrected chi connectivity index (χ3v) is 10.3. The average Bonchev–Trinajstić information content (AvgIpc) is 3.71. The van der Waals surface area contributed by atoms with E-state index in [9.17, 15) is 0 Å². The molecule has 0 fully saturated rings. The fourth-order valence-electron chi connectivity index (χ4n) is 8.37. The van der Waals surface area contributed by atoms with E-state index in [-0.39, 0.29) is 0 Å². The van der Waals surface area contributed by atoms with Crippen molar-refractivity contribution in [2.75, 3.05) is 4.90 Å². The molecule has 1 aliphatic rings. The van der Waals surface area contributed by atoms with Gasteiger partial charge >= 0.3 is 0 Å². The van der Waals surface area contributed by atoms with Crippen LogP contribution in [0, 0.1) is 0 Å². The summed E-state index contributed by atoms with van der Waals surface area (Å²) >= 11 is 0. The van der Waals surface area contributed by atoms with E-state index in [0.717, 1.165) is 39.0 Å². The predicted octanol–water partition coefficient (Wildman–Crippen LogP) is 12.6. The fraction of sp³-hybridized carbons (Fsp3) is 0.0213. The van der Waals surface area contributed by atoms with Gasteiger partial charge in [-0.25, -0.2) is 0 Å². The Morgan fingerprint density at radius 2 is 1.02 bits per heavy atom. The van der Waals surface area contributed by atoms with Gasteiger partial charge in [-0.2, -0.15) is 0 Å². The lowest BCUT2D eigenvalue weighted by Crippen LogP contribution is -2.30. The normalized spacial score (nSPS) is 13.1. The molecule has 2 heteroatoms. The van der Waals surface area contributed by atoms with Crippen LogP contribution in [0.5, 0.6) is 0 Å². The average molecular weight is 626 g/mol. The lowest BCUT2D eigenvalue weighted by Gasteiger charge is -2.37. The minimum absolute atomic E-state index is 0.595. The number of fused-ring (bicyclic) bond motifs is 8. The first-order valence-corrected chi connectivity index (χ1v) is 16.9. The van der Waals surface area contributed by atoms with Gasteiger partial charge in [0.05, 0.1) is 16.8 Å². The smallest absolute Gasteiger partial charge is 0.159 e. The Morgan fingerprint density at radius 1 is 0.429 bits per heavy atom. The highest BCUT2D eigenvalue weighted by molar-refractivity contribution is 6.11. The maximum Gasteiger partial charge on any atom is 0.159 e. The van der Waals surface area contributed by atoms with Crippen molar-refractivity contribution >= 4 is 49.8 Å². The van der Waals surface area contributed by atoms with Crippen LogP contribution in [0.25, 0.3) is 43.8 Å². The molecule has 0 atom stereocenters. The van der Waals surface area contributed by atoms with Crippen LogP contribution in [0.1, 0.15) is 22.3 Å². The molecule has 49 heavy (non-hydrogen) atoms. The lowest BCUT2D eigenvalue weighted by molar-refractivity contribution is 0.669. The first-order valence-electron chi connectivity index (χ1n) is 16.9. The van der Waals surface area contributed by atoms with Crippen LogP contribution >= 0.6 is 0 Å². The number of furan rings is 1. The molecule has 10 rings (SSSR count). The molecule has 2 nitrogen and oxygen atoms in total. The SMILES string of the molecule is c1ccc(N(c2cccc3c2C(c2ccccc2)(c2ccccc2)c2ccc4ccccc4c2-3)c2cccc3c2oc2ccccc23)cc1. The quantitative estimate of drug-likeness (QED) is 0.189. The van der Waals surface area contributed by atoms with Crippen LogP contribution in [-0.2, 0) is 5.41 Å². The minimum atomic E-state index is -0.595. The molecule has 0 N–H and O–H groups in total. The molecule has 0 unspecified atom stereocenters. The molecular weight excluding hydrogens is 595 g/mol. The van der Waals surface area contributed by atoms with Crippen LogP contribution < -0.4 is 4.90 Å². The molecular formula is C47H31NO. The van der Waals surface area contributed by atoms with Gasteiger partial charge in [-0.15, -0.1) is 0 Å². The van der Waals surface area contributed by atoms with Crippen LogP contribution in [0.15, 0.2) is 192 Å². The standard InChI is InChI=1S/C47H31NO/c1-4-17-33(18-5-1)47(34-19-6-2-7-20-34)40-31-30-32-16-10-11-23-36(32)44(40)39-26-15-27-41(45(39)47)48(35-21-8-3-9-22-35)42-28-14-25-38-37-24-12-13-29-43(37)49-46(38)42/h1-31H. The number of hydrogen-bond acceptors (Lipinski definition) is 2. The Bertz CT molecular complexity index is 2620. The summed E-state index contributed by atoms with van der Waals surface area (Å²) in [5.41, 5.74) is 11.9. The van der Waals surface area contributed by atoms with Crippen LogP contribution in [-0.4, -0.2) is 0 Å². The van der Waals surface area contributed by atoms with Gasteiger partial charge in [-0.05, 0) is 68.9 Å². The molecule has 8 aromatic carbocycles. The van der Waals surface area contributed by atoms with E-state index < -0.39 is 5.41 Å². The molecule has 0 aliphatic heterocycles. The van der Waals surface area contributed by atoms with Gasteiger partial charge in [0.1, 0.15) is 5.58 Å². The predicted molar refractivity (Wildman–Crippen MR) is 203 cm³/mol. The molecule has 0 saturated carbocycles. The van der Waals surface area contributed by atoms with E-state index in [4.69, 9.17) is 4.42 Å². The number of para-hydroxylation sites is 3. The molecule has 0 bridgehead atoms.